The van der Waals surface area contributed by atoms with Crippen LogP contribution >= 0.6 is 0 Å². The van der Waals surface area contributed by atoms with Crippen molar-refractivity contribution in [2.24, 2.45) is 0 Å². The fraction of sp³-hybridized carbons (Fsp3) is 0.200. The van der Waals surface area contributed by atoms with Crippen molar-refractivity contribution in [3.63, 3.8) is 0 Å². The van der Waals surface area contributed by atoms with E-state index in [9.17, 15) is 26.4 Å². The molecular weight excluding hydrogens is 361 g/mol. The Labute approximate surface area is 140 Å². The lowest BCUT2D eigenvalue weighted by molar-refractivity contribution is -0.137. The molecular formula is C15H11F3N2O4S. The number of carbonyl (C=O) groups is 1. The second-order valence-electron chi connectivity index (χ2n) is 5.25. The van der Waals surface area contributed by atoms with Gasteiger partial charge in [-0.1, -0.05) is 18.2 Å². The van der Waals surface area contributed by atoms with Crippen molar-refractivity contribution in [2.45, 2.75) is 17.1 Å². The molecule has 0 saturated heterocycles. The summed E-state index contributed by atoms with van der Waals surface area (Å²) in [7, 11) is -4.40. The maximum absolute atomic E-state index is 12.5. The van der Waals surface area contributed by atoms with E-state index in [4.69, 9.17) is 4.74 Å². The van der Waals surface area contributed by atoms with Gasteiger partial charge in [-0.3, -0.25) is 4.79 Å². The Morgan fingerprint density at radius 1 is 1.20 bits per heavy atom. The summed E-state index contributed by atoms with van der Waals surface area (Å²) in [5.74, 6) is -1.19. The highest BCUT2D eigenvalue weighted by Gasteiger charge is 2.34. The molecule has 1 aliphatic heterocycles. The molecule has 10 heteroatoms. The Morgan fingerprint density at radius 3 is 2.56 bits per heavy atom. The maximum atomic E-state index is 12.5. The van der Waals surface area contributed by atoms with Crippen LogP contribution in [0.25, 0.3) is 0 Å². The molecule has 6 nitrogen and oxygen atoms in total. The minimum atomic E-state index is -4.64. The Kier molecular flexibility index (Phi) is 4.15. The van der Waals surface area contributed by atoms with Gasteiger partial charge in [-0.25, -0.2) is 9.71 Å². The topological polar surface area (TPSA) is 85.4 Å². The number of amides is 1. The monoisotopic (exact) mass is 372 g/mol. The van der Waals surface area contributed by atoms with Gasteiger partial charge in [-0.15, -0.1) is 0 Å². The standard InChI is InChI=1S/C15H11F3N2O4S/c16-15(17,18)9-5-6-13(19-7-9)25(22,23)20-14(21)11-8-24-12-4-2-1-3-10(11)12/h1-7,11H,8H2,(H,20,21)/t11-/m0/s1. The molecule has 1 atom stereocenters. The molecule has 0 fully saturated rings. The van der Waals surface area contributed by atoms with Crippen LogP contribution in [0.3, 0.4) is 0 Å². The Balaban J connectivity index is 1.79. The highest BCUT2D eigenvalue weighted by molar-refractivity contribution is 7.90. The number of carbonyl (C=O) groups excluding carboxylic acids is 1. The van der Waals surface area contributed by atoms with Crippen LogP contribution in [0, 0.1) is 0 Å². The van der Waals surface area contributed by atoms with Crippen LogP contribution in [-0.4, -0.2) is 25.9 Å². The van der Waals surface area contributed by atoms with E-state index in [0.717, 1.165) is 0 Å². The van der Waals surface area contributed by atoms with Crippen molar-refractivity contribution in [3.8, 4) is 5.75 Å². The van der Waals surface area contributed by atoms with Gasteiger partial charge in [0.25, 0.3) is 10.0 Å². The van der Waals surface area contributed by atoms with Crippen LogP contribution < -0.4 is 9.46 Å². The summed E-state index contributed by atoms with van der Waals surface area (Å²) in [4.78, 5) is 15.5. The van der Waals surface area contributed by atoms with E-state index in [2.05, 4.69) is 4.98 Å². The summed E-state index contributed by atoms with van der Waals surface area (Å²) in [5.41, 5.74) is -0.550. The SMILES string of the molecule is O=C(NS(=O)(=O)c1ccc(C(F)(F)F)cn1)[C@H]1COc2ccccc21. The van der Waals surface area contributed by atoms with Gasteiger partial charge in [0.1, 0.15) is 18.3 Å². The molecule has 0 radical (unpaired) electrons. The molecule has 1 amide bonds. The van der Waals surface area contributed by atoms with Gasteiger partial charge in [0.15, 0.2) is 5.03 Å². The molecule has 0 saturated carbocycles. The van der Waals surface area contributed by atoms with Crippen molar-refractivity contribution in [3.05, 3.63) is 53.7 Å². The number of benzene rings is 1. The number of nitrogens with one attached hydrogen (secondary N) is 1. The quantitative estimate of drug-likeness (QED) is 0.892. The van der Waals surface area contributed by atoms with Gasteiger partial charge in [0.2, 0.25) is 5.91 Å². The van der Waals surface area contributed by atoms with Crippen molar-refractivity contribution in [1.29, 1.82) is 0 Å². The van der Waals surface area contributed by atoms with Gasteiger partial charge < -0.3 is 4.74 Å². The number of aromatic nitrogens is 1. The minimum absolute atomic E-state index is 0.0266. The highest BCUT2D eigenvalue weighted by Crippen LogP contribution is 2.34. The normalized spacial score (nSPS) is 16.8. The van der Waals surface area contributed by atoms with Crippen molar-refractivity contribution in [2.75, 3.05) is 6.61 Å². The van der Waals surface area contributed by atoms with Crippen LogP contribution in [-0.2, 0) is 21.0 Å². The van der Waals surface area contributed by atoms with Gasteiger partial charge in [-0.2, -0.15) is 21.6 Å². The van der Waals surface area contributed by atoms with Gasteiger partial charge in [0, 0.05) is 11.8 Å². The Hall–Kier alpha value is -2.62. The third-order valence-corrected chi connectivity index (χ3v) is 4.85. The summed E-state index contributed by atoms with van der Waals surface area (Å²) in [6.45, 7) is -0.0266. The van der Waals surface area contributed by atoms with E-state index in [1.807, 2.05) is 4.72 Å². The summed E-state index contributed by atoms with van der Waals surface area (Å²) in [6.07, 6.45) is -4.24. The van der Waals surface area contributed by atoms with Crippen LogP contribution in [0.4, 0.5) is 13.2 Å². The van der Waals surface area contributed by atoms with E-state index in [1.54, 1.807) is 24.3 Å². The van der Waals surface area contributed by atoms with Gasteiger partial charge in [-0.05, 0) is 18.2 Å². The first-order valence-electron chi connectivity index (χ1n) is 7.00. The number of alkyl halides is 3. The lowest BCUT2D eigenvalue weighted by atomic mass is 10.0. The molecule has 2 heterocycles. The highest BCUT2D eigenvalue weighted by atomic mass is 32.2. The van der Waals surface area contributed by atoms with E-state index in [-0.39, 0.29) is 6.61 Å². The molecule has 0 aliphatic carbocycles. The number of sulfonamides is 1. The number of halogens is 3. The molecule has 1 aromatic heterocycles. The number of rotatable bonds is 3. The van der Waals surface area contributed by atoms with Gasteiger partial charge in [0.05, 0.1) is 5.56 Å². The zero-order chi connectivity index (χ0) is 18.2. The molecule has 1 N–H and O–H groups in total. The molecule has 25 heavy (non-hydrogen) atoms. The van der Waals surface area contributed by atoms with E-state index >= 15 is 0 Å². The average Bonchev–Trinajstić information content (AvgIpc) is 2.98. The predicted octanol–water partition coefficient (Wildman–Crippen LogP) is 2.08. The summed E-state index contributed by atoms with van der Waals surface area (Å²) in [5, 5.41) is -0.680. The third-order valence-electron chi connectivity index (χ3n) is 3.59. The smallest absolute Gasteiger partial charge is 0.417 e. The molecule has 1 aromatic carbocycles. The van der Waals surface area contributed by atoms with Crippen LogP contribution in [0.15, 0.2) is 47.6 Å². The van der Waals surface area contributed by atoms with Crippen LogP contribution in [0.5, 0.6) is 5.75 Å². The van der Waals surface area contributed by atoms with E-state index in [1.165, 1.54) is 0 Å². The summed E-state index contributed by atoms with van der Waals surface area (Å²) >= 11 is 0. The molecule has 1 aliphatic rings. The summed E-state index contributed by atoms with van der Waals surface area (Å²) in [6, 6.07) is 7.95. The van der Waals surface area contributed by atoms with Crippen molar-refractivity contribution >= 4 is 15.9 Å². The zero-order valence-corrected chi connectivity index (χ0v) is 13.3. The van der Waals surface area contributed by atoms with E-state index < -0.39 is 38.6 Å². The predicted molar refractivity (Wildman–Crippen MR) is 79.2 cm³/mol. The zero-order valence-electron chi connectivity index (χ0n) is 12.4. The largest absolute Gasteiger partial charge is 0.492 e. The molecule has 0 unspecified atom stereocenters. The number of hydrogen-bond acceptors (Lipinski definition) is 5. The first kappa shape index (κ1) is 17.2. The molecule has 132 valence electrons. The second kappa shape index (κ2) is 6.03. The minimum Gasteiger partial charge on any atom is -0.492 e. The summed E-state index contributed by atoms with van der Waals surface area (Å²) < 4.78 is 68.9. The number of hydrogen-bond donors (Lipinski definition) is 1. The fourth-order valence-electron chi connectivity index (χ4n) is 2.34. The fourth-order valence-corrected chi connectivity index (χ4v) is 3.29. The first-order valence-corrected chi connectivity index (χ1v) is 8.48. The maximum Gasteiger partial charge on any atom is 0.417 e. The van der Waals surface area contributed by atoms with Crippen LogP contribution in [0.2, 0.25) is 0 Å². The lowest BCUT2D eigenvalue weighted by Gasteiger charge is -2.11. The Bertz CT molecular complexity index is 911. The first-order chi connectivity index (χ1) is 11.7. The molecule has 0 spiro atoms. The number of pyridine rings is 1. The lowest BCUT2D eigenvalue weighted by Crippen LogP contribution is -2.35. The number of nitrogens with zero attached hydrogens (tertiary/aromatic N) is 1. The number of fused-ring (bicyclic) bond motifs is 1. The number of para-hydroxylation sites is 1. The van der Waals surface area contributed by atoms with Crippen LogP contribution in [0.1, 0.15) is 17.0 Å². The Morgan fingerprint density at radius 2 is 1.92 bits per heavy atom. The second-order valence-corrected chi connectivity index (χ2v) is 6.88. The van der Waals surface area contributed by atoms with E-state index in [0.29, 0.717) is 29.6 Å². The van der Waals surface area contributed by atoms with Gasteiger partial charge >= 0.3 is 6.18 Å². The molecule has 0 bridgehead atoms. The molecule has 3 rings (SSSR count). The third kappa shape index (κ3) is 3.43. The number of ether oxygens (including phenoxy) is 1. The molecule has 2 aromatic rings. The van der Waals surface area contributed by atoms with Crippen molar-refractivity contribution < 1.29 is 31.1 Å². The average molecular weight is 372 g/mol. The van der Waals surface area contributed by atoms with Crippen molar-refractivity contribution in [1.82, 2.24) is 9.71 Å².